The maximum atomic E-state index is 11.8. The molecule has 2 aromatic rings. The lowest BCUT2D eigenvalue weighted by Crippen LogP contribution is -2.34. The molecule has 0 bridgehead atoms. The molecule has 0 aliphatic rings. The molecule has 1 aromatic heterocycles. The molecular weight excluding hydrogens is 368 g/mol. The minimum absolute atomic E-state index is 0.0690. The van der Waals surface area contributed by atoms with E-state index in [2.05, 4.69) is 20.8 Å². The van der Waals surface area contributed by atoms with Gasteiger partial charge < -0.3 is 10.1 Å². The number of amides is 2. The Morgan fingerprint density at radius 3 is 2.74 bits per heavy atom. The Morgan fingerprint density at radius 1 is 1.30 bits per heavy atom. The Morgan fingerprint density at radius 2 is 2.04 bits per heavy atom. The second-order valence-electron chi connectivity index (χ2n) is 7.04. The molecule has 2 rings (SSSR count). The molecule has 0 atom stereocenters. The molecule has 0 aliphatic heterocycles. The van der Waals surface area contributed by atoms with Gasteiger partial charge in [-0.05, 0) is 45.4 Å². The minimum atomic E-state index is -0.581. The van der Waals surface area contributed by atoms with Gasteiger partial charge in [-0.1, -0.05) is 23.7 Å². The van der Waals surface area contributed by atoms with Crippen molar-refractivity contribution in [1.82, 2.24) is 15.7 Å². The molecule has 2 N–H and O–H groups in total. The van der Waals surface area contributed by atoms with Crippen LogP contribution >= 0.6 is 11.6 Å². The summed E-state index contributed by atoms with van der Waals surface area (Å²) in [5.41, 5.74) is 4.30. The Kier molecular flexibility index (Phi) is 6.74. The highest BCUT2D eigenvalue weighted by molar-refractivity contribution is 6.32. The van der Waals surface area contributed by atoms with Crippen LogP contribution in [0.1, 0.15) is 38.3 Å². The van der Waals surface area contributed by atoms with Crippen molar-refractivity contribution in [1.29, 1.82) is 0 Å². The van der Waals surface area contributed by atoms with Gasteiger partial charge in [0.2, 0.25) is 5.91 Å². The monoisotopic (exact) mass is 390 g/mol. The molecule has 0 radical (unpaired) electrons. The molecule has 1 heterocycles. The number of hydrogen-bond acceptors (Lipinski definition) is 5. The fourth-order valence-corrected chi connectivity index (χ4v) is 2.38. The number of hydrazone groups is 1. The van der Waals surface area contributed by atoms with Crippen molar-refractivity contribution in [3.05, 3.63) is 40.5 Å². The van der Waals surface area contributed by atoms with Crippen LogP contribution in [0.4, 0.5) is 4.79 Å². The minimum Gasteiger partial charge on any atom is -0.444 e. The number of carbonyl (C=O) groups excluding carboxylic acids is 2. The number of fused-ring (bicyclic) bond motifs is 1. The SMILES string of the molecule is Cc1ccc2cc(/C=N/NC(=O)CCNC(=O)OC(C)(C)C)c(Cl)nc2c1. The molecule has 27 heavy (non-hydrogen) atoms. The Labute approximate surface area is 163 Å². The van der Waals surface area contributed by atoms with E-state index < -0.39 is 11.7 Å². The van der Waals surface area contributed by atoms with E-state index in [1.54, 1.807) is 20.8 Å². The summed E-state index contributed by atoms with van der Waals surface area (Å²) in [7, 11) is 0. The van der Waals surface area contributed by atoms with Crippen LogP contribution in [0.25, 0.3) is 10.9 Å². The highest BCUT2D eigenvalue weighted by atomic mass is 35.5. The average Bonchev–Trinajstić information content (AvgIpc) is 2.53. The van der Waals surface area contributed by atoms with Crippen LogP contribution in [0.2, 0.25) is 5.15 Å². The third-order valence-corrected chi connectivity index (χ3v) is 3.67. The molecule has 144 valence electrons. The molecule has 2 amide bonds. The molecule has 0 aliphatic carbocycles. The number of halogens is 1. The zero-order valence-corrected chi connectivity index (χ0v) is 16.6. The molecule has 8 heteroatoms. The van der Waals surface area contributed by atoms with Crippen molar-refractivity contribution in [3.63, 3.8) is 0 Å². The van der Waals surface area contributed by atoms with Crippen LogP contribution < -0.4 is 10.7 Å². The highest BCUT2D eigenvalue weighted by Gasteiger charge is 2.15. The van der Waals surface area contributed by atoms with Crippen LogP contribution in [0.3, 0.4) is 0 Å². The number of nitrogens with one attached hydrogen (secondary N) is 2. The summed E-state index contributed by atoms with van der Waals surface area (Å²) in [6.07, 6.45) is 0.941. The van der Waals surface area contributed by atoms with E-state index >= 15 is 0 Å². The van der Waals surface area contributed by atoms with E-state index in [0.717, 1.165) is 16.5 Å². The number of nitrogens with zero attached hydrogens (tertiary/aromatic N) is 2. The Bertz CT molecular complexity index is 875. The highest BCUT2D eigenvalue weighted by Crippen LogP contribution is 2.20. The van der Waals surface area contributed by atoms with E-state index in [0.29, 0.717) is 10.7 Å². The lowest BCUT2D eigenvalue weighted by Gasteiger charge is -2.19. The van der Waals surface area contributed by atoms with Gasteiger partial charge in [0.15, 0.2) is 0 Å². The van der Waals surface area contributed by atoms with Crippen molar-refractivity contribution < 1.29 is 14.3 Å². The summed E-state index contributed by atoms with van der Waals surface area (Å²) >= 11 is 6.17. The third-order valence-electron chi connectivity index (χ3n) is 3.37. The number of alkyl carbamates (subject to hydrolysis) is 1. The fourth-order valence-electron chi connectivity index (χ4n) is 2.18. The molecule has 0 spiro atoms. The van der Waals surface area contributed by atoms with Crippen LogP contribution in [0, 0.1) is 6.92 Å². The summed E-state index contributed by atoms with van der Waals surface area (Å²) in [6.45, 7) is 7.43. The average molecular weight is 391 g/mol. The summed E-state index contributed by atoms with van der Waals surface area (Å²) in [5.74, 6) is -0.345. The van der Waals surface area contributed by atoms with E-state index in [1.807, 2.05) is 31.2 Å². The van der Waals surface area contributed by atoms with Crippen LogP contribution in [0.5, 0.6) is 0 Å². The quantitative estimate of drug-likeness (QED) is 0.463. The van der Waals surface area contributed by atoms with E-state index in [-0.39, 0.29) is 18.9 Å². The van der Waals surface area contributed by atoms with Crippen LogP contribution in [-0.2, 0) is 9.53 Å². The van der Waals surface area contributed by atoms with Crippen molar-refractivity contribution in [2.75, 3.05) is 6.54 Å². The van der Waals surface area contributed by atoms with Gasteiger partial charge in [-0.2, -0.15) is 5.10 Å². The molecular formula is C19H23ClN4O3. The standard InChI is InChI=1S/C19H23ClN4O3/c1-12-5-6-13-10-14(17(20)23-15(13)9-12)11-22-24-16(25)7-8-21-18(26)27-19(2,3)4/h5-6,9-11H,7-8H2,1-4H3,(H,21,26)(H,24,25)/b22-11+. The normalized spacial score (nSPS) is 11.6. The summed E-state index contributed by atoms with van der Waals surface area (Å²) in [5, 5.41) is 7.63. The van der Waals surface area contributed by atoms with E-state index in [1.165, 1.54) is 6.21 Å². The number of aromatic nitrogens is 1. The van der Waals surface area contributed by atoms with Crippen molar-refractivity contribution in [2.24, 2.45) is 5.10 Å². The summed E-state index contributed by atoms with van der Waals surface area (Å²) < 4.78 is 5.08. The van der Waals surface area contributed by atoms with Gasteiger partial charge in [0.05, 0.1) is 11.7 Å². The number of carbonyl (C=O) groups is 2. The Balaban J connectivity index is 1.85. The zero-order valence-electron chi connectivity index (χ0n) is 15.8. The number of pyridine rings is 1. The zero-order chi connectivity index (χ0) is 20.0. The van der Waals surface area contributed by atoms with Crippen LogP contribution in [0.15, 0.2) is 29.4 Å². The molecule has 0 saturated heterocycles. The lowest BCUT2D eigenvalue weighted by molar-refractivity contribution is -0.120. The van der Waals surface area contributed by atoms with E-state index in [4.69, 9.17) is 16.3 Å². The molecule has 0 unspecified atom stereocenters. The summed E-state index contributed by atoms with van der Waals surface area (Å²) in [4.78, 5) is 27.6. The number of benzene rings is 1. The summed E-state index contributed by atoms with van der Waals surface area (Å²) in [6, 6.07) is 7.73. The largest absolute Gasteiger partial charge is 0.444 e. The second kappa shape index (κ2) is 8.81. The van der Waals surface area contributed by atoms with Gasteiger partial charge in [-0.3, -0.25) is 4.79 Å². The van der Waals surface area contributed by atoms with Gasteiger partial charge in [0.25, 0.3) is 0 Å². The molecule has 1 aromatic carbocycles. The van der Waals surface area contributed by atoms with Crippen LogP contribution in [-0.4, -0.2) is 35.3 Å². The topological polar surface area (TPSA) is 92.7 Å². The first-order valence-electron chi connectivity index (χ1n) is 8.50. The Hall–Kier alpha value is -2.67. The molecule has 0 fully saturated rings. The number of ether oxygens (including phenoxy) is 1. The fraction of sp³-hybridized carbons (Fsp3) is 0.368. The van der Waals surface area contributed by atoms with Gasteiger partial charge in [0, 0.05) is 23.9 Å². The van der Waals surface area contributed by atoms with Crippen molar-refractivity contribution >= 4 is 40.7 Å². The maximum absolute atomic E-state index is 11.8. The third kappa shape index (κ3) is 6.86. The maximum Gasteiger partial charge on any atom is 0.407 e. The van der Waals surface area contributed by atoms with Crippen molar-refractivity contribution in [2.45, 2.75) is 39.7 Å². The first-order valence-corrected chi connectivity index (χ1v) is 8.87. The number of aryl methyl sites for hydroxylation is 1. The molecule has 7 nitrogen and oxygen atoms in total. The van der Waals surface area contributed by atoms with Gasteiger partial charge >= 0.3 is 6.09 Å². The smallest absolute Gasteiger partial charge is 0.407 e. The van der Waals surface area contributed by atoms with Crippen molar-refractivity contribution in [3.8, 4) is 0 Å². The lowest BCUT2D eigenvalue weighted by atomic mass is 10.1. The van der Waals surface area contributed by atoms with E-state index in [9.17, 15) is 9.59 Å². The van der Waals surface area contributed by atoms with Gasteiger partial charge in [0.1, 0.15) is 10.8 Å². The number of rotatable bonds is 5. The van der Waals surface area contributed by atoms with Gasteiger partial charge in [-0.25, -0.2) is 15.2 Å². The van der Waals surface area contributed by atoms with Gasteiger partial charge in [-0.15, -0.1) is 0 Å². The predicted octanol–water partition coefficient (Wildman–Crippen LogP) is 3.56. The first-order chi connectivity index (χ1) is 12.6. The second-order valence-corrected chi connectivity index (χ2v) is 7.39. The molecule has 0 saturated carbocycles. The first kappa shape index (κ1) is 20.6. The number of hydrogen-bond donors (Lipinski definition) is 2. The predicted molar refractivity (Wildman–Crippen MR) is 106 cm³/mol.